The smallest absolute Gasteiger partial charge is 0.321 e. The number of alkyl halides is 2. The molecular formula is C13H16ClF2N3O. The Morgan fingerprint density at radius 1 is 1.20 bits per heavy atom. The zero-order chi connectivity index (χ0) is 14.5. The van der Waals surface area contributed by atoms with E-state index in [0.717, 1.165) is 0 Å². The molecule has 1 aromatic rings. The van der Waals surface area contributed by atoms with Crippen molar-refractivity contribution in [2.24, 2.45) is 0 Å². The van der Waals surface area contributed by atoms with E-state index in [1.807, 2.05) is 0 Å². The van der Waals surface area contributed by atoms with Crippen molar-refractivity contribution in [1.29, 1.82) is 0 Å². The summed E-state index contributed by atoms with van der Waals surface area (Å²) >= 11 is 5.76. The van der Waals surface area contributed by atoms with Crippen molar-refractivity contribution in [3.8, 4) is 0 Å². The number of nitrogens with one attached hydrogen (secondary N) is 1. The highest BCUT2D eigenvalue weighted by Gasteiger charge is 2.22. The van der Waals surface area contributed by atoms with Crippen LogP contribution in [0, 0.1) is 0 Å². The van der Waals surface area contributed by atoms with Gasteiger partial charge in [-0.15, -0.1) is 0 Å². The molecule has 1 fully saturated rings. The SMILES string of the molecule is O=C(Nc1ccc(Cl)cc1)N1CCN(CC(F)F)CC1. The van der Waals surface area contributed by atoms with Crippen molar-refractivity contribution >= 4 is 23.3 Å². The number of benzene rings is 1. The molecule has 0 aliphatic carbocycles. The molecule has 0 radical (unpaired) electrons. The van der Waals surface area contributed by atoms with Crippen molar-refractivity contribution in [3.63, 3.8) is 0 Å². The minimum atomic E-state index is -2.33. The summed E-state index contributed by atoms with van der Waals surface area (Å²) < 4.78 is 24.5. The molecular weight excluding hydrogens is 288 g/mol. The minimum Gasteiger partial charge on any atom is -0.322 e. The van der Waals surface area contributed by atoms with Gasteiger partial charge in [-0.1, -0.05) is 11.6 Å². The van der Waals surface area contributed by atoms with Gasteiger partial charge in [0, 0.05) is 36.9 Å². The Morgan fingerprint density at radius 3 is 2.35 bits per heavy atom. The van der Waals surface area contributed by atoms with Crippen LogP contribution < -0.4 is 5.32 Å². The summed E-state index contributed by atoms with van der Waals surface area (Å²) in [5, 5.41) is 3.36. The summed E-state index contributed by atoms with van der Waals surface area (Å²) in [6, 6.07) is 6.60. The average molecular weight is 304 g/mol. The number of halogens is 3. The van der Waals surface area contributed by atoms with E-state index in [-0.39, 0.29) is 12.6 Å². The molecule has 1 N–H and O–H groups in total. The maximum Gasteiger partial charge on any atom is 0.321 e. The first-order valence-corrected chi connectivity index (χ1v) is 6.74. The summed E-state index contributed by atoms with van der Waals surface area (Å²) in [6.45, 7) is 1.61. The van der Waals surface area contributed by atoms with E-state index in [1.54, 1.807) is 34.1 Å². The number of carbonyl (C=O) groups excluding carboxylic acids is 1. The average Bonchev–Trinajstić information content (AvgIpc) is 2.41. The lowest BCUT2D eigenvalue weighted by molar-refractivity contribution is 0.0651. The third-order valence-electron chi connectivity index (χ3n) is 3.15. The summed E-state index contributed by atoms with van der Waals surface area (Å²) in [5.74, 6) is 0. The highest BCUT2D eigenvalue weighted by molar-refractivity contribution is 6.30. The number of rotatable bonds is 3. The monoisotopic (exact) mass is 303 g/mol. The second-order valence-corrected chi connectivity index (χ2v) is 5.05. The minimum absolute atomic E-state index is 0.219. The Balaban J connectivity index is 1.81. The van der Waals surface area contributed by atoms with Crippen LogP contribution in [0.5, 0.6) is 0 Å². The van der Waals surface area contributed by atoms with Crippen molar-refractivity contribution in [2.45, 2.75) is 6.43 Å². The lowest BCUT2D eigenvalue weighted by atomic mass is 10.3. The number of hydrogen-bond acceptors (Lipinski definition) is 2. The number of hydrogen-bond donors (Lipinski definition) is 1. The molecule has 2 rings (SSSR count). The highest BCUT2D eigenvalue weighted by Crippen LogP contribution is 2.14. The summed E-state index contributed by atoms with van der Waals surface area (Å²) in [5.41, 5.74) is 0.661. The standard InChI is InChI=1S/C13H16ClF2N3O/c14-10-1-3-11(4-2-10)17-13(20)19-7-5-18(6-8-19)9-12(15)16/h1-4,12H,5-9H2,(H,17,20). The molecule has 1 aliphatic heterocycles. The lowest BCUT2D eigenvalue weighted by Gasteiger charge is -2.34. The van der Waals surface area contributed by atoms with Gasteiger partial charge in [-0.3, -0.25) is 4.90 Å². The first-order chi connectivity index (χ1) is 9.54. The van der Waals surface area contributed by atoms with Gasteiger partial charge in [-0.25, -0.2) is 13.6 Å². The fraction of sp³-hybridized carbons (Fsp3) is 0.462. The Hall–Kier alpha value is -1.40. The second-order valence-electron chi connectivity index (χ2n) is 4.62. The summed E-state index contributed by atoms with van der Waals surface area (Å²) in [6.07, 6.45) is -2.33. The maximum absolute atomic E-state index is 12.2. The van der Waals surface area contributed by atoms with Gasteiger partial charge in [0.05, 0.1) is 6.54 Å². The van der Waals surface area contributed by atoms with E-state index >= 15 is 0 Å². The molecule has 0 atom stereocenters. The van der Waals surface area contributed by atoms with Gasteiger partial charge in [-0.2, -0.15) is 0 Å². The van der Waals surface area contributed by atoms with Gasteiger partial charge in [0.25, 0.3) is 6.43 Å². The van der Waals surface area contributed by atoms with Crippen LogP contribution in [-0.4, -0.2) is 55.0 Å². The number of urea groups is 1. The second kappa shape index (κ2) is 6.85. The van der Waals surface area contributed by atoms with Crippen molar-refractivity contribution < 1.29 is 13.6 Å². The molecule has 0 spiro atoms. The van der Waals surface area contributed by atoms with E-state index < -0.39 is 6.43 Å². The molecule has 4 nitrogen and oxygen atoms in total. The molecule has 1 saturated heterocycles. The van der Waals surface area contributed by atoms with Crippen molar-refractivity contribution in [2.75, 3.05) is 38.0 Å². The Bertz CT molecular complexity index is 447. The van der Waals surface area contributed by atoms with Gasteiger partial charge in [0.1, 0.15) is 0 Å². The van der Waals surface area contributed by atoms with Crippen LogP contribution in [0.4, 0.5) is 19.3 Å². The molecule has 2 amide bonds. The first kappa shape index (κ1) is 15.0. The Morgan fingerprint density at radius 2 is 1.80 bits per heavy atom. The number of carbonyl (C=O) groups is 1. The number of piperazine rings is 1. The number of nitrogens with zero attached hydrogens (tertiary/aromatic N) is 2. The maximum atomic E-state index is 12.2. The molecule has 0 saturated carbocycles. The molecule has 1 aliphatic rings. The van der Waals surface area contributed by atoms with Crippen molar-refractivity contribution in [1.82, 2.24) is 9.80 Å². The zero-order valence-corrected chi connectivity index (χ0v) is 11.6. The zero-order valence-electron chi connectivity index (χ0n) is 10.9. The highest BCUT2D eigenvalue weighted by atomic mass is 35.5. The van der Waals surface area contributed by atoms with Crippen LogP contribution >= 0.6 is 11.6 Å². The molecule has 1 aromatic carbocycles. The van der Waals surface area contributed by atoms with Gasteiger partial charge < -0.3 is 10.2 Å². The predicted molar refractivity (Wildman–Crippen MR) is 74.5 cm³/mol. The van der Waals surface area contributed by atoms with Crippen LogP contribution in [-0.2, 0) is 0 Å². The topological polar surface area (TPSA) is 35.6 Å². The molecule has 0 bridgehead atoms. The molecule has 7 heteroatoms. The van der Waals surface area contributed by atoms with E-state index in [0.29, 0.717) is 36.9 Å². The third kappa shape index (κ3) is 4.31. The Labute approximate surface area is 121 Å². The Kier molecular flexibility index (Phi) is 5.14. The van der Waals surface area contributed by atoms with Crippen LogP contribution in [0.3, 0.4) is 0 Å². The summed E-state index contributed by atoms with van der Waals surface area (Å²) in [4.78, 5) is 15.3. The van der Waals surface area contributed by atoms with Crippen LogP contribution in [0.25, 0.3) is 0 Å². The number of amides is 2. The fourth-order valence-corrected chi connectivity index (χ4v) is 2.19. The van der Waals surface area contributed by atoms with E-state index in [4.69, 9.17) is 11.6 Å². The molecule has 0 unspecified atom stereocenters. The van der Waals surface area contributed by atoms with E-state index in [2.05, 4.69) is 5.32 Å². The first-order valence-electron chi connectivity index (χ1n) is 6.36. The normalized spacial score (nSPS) is 16.5. The van der Waals surface area contributed by atoms with Crippen LogP contribution in [0.15, 0.2) is 24.3 Å². The lowest BCUT2D eigenvalue weighted by Crippen LogP contribution is -2.50. The molecule has 0 aromatic heterocycles. The van der Waals surface area contributed by atoms with Gasteiger partial charge in [-0.05, 0) is 24.3 Å². The summed E-state index contributed by atoms with van der Waals surface area (Å²) in [7, 11) is 0. The fourth-order valence-electron chi connectivity index (χ4n) is 2.06. The predicted octanol–water partition coefficient (Wildman–Crippen LogP) is 2.75. The van der Waals surface area contributed by atoms with Gasteiger partial charge >= 0.3 is 6.03 Å². The van der Waals surface area contributed by atoms with E-state index in [9.17, 15) is 13.6 Å². The number of anilines is 1. The van der Waals surface area contributed by atoms with Gasteiger partial charge in [0.2, 0.25) is 0 Å². The van der Waals surface area contributed by atoms with Crippen LogP contribution in [0.1, 0.15) is 0 Å². The van der Waals surface area contributed by atoms with E-state index in [1.165, 1.54) is 0 Å². The van der Waals surface area contributed by atoms with Crippen molar-refractivity contribution in [3.05, 3.63) is 29.3 Å². The van der Waals surface area contributed by atoms with Gasteiger partial charge in [0.15, 0.2) is 0 Å². The molecule has 110 valence electrons. The molecule has 20 heavy (non-hydrogen) atoms. The third-order valence-corrected chi connectivity index (χ3v) is 3.40. The van der Waals surface area contributed by atoms with Crippen LogP contribution in [0.2, 0.25) is 5.02 Å². The largest absolute Gasteiger partial charge is 0.322 e. The molecule has 1 heterocycles. The quantitative estimate of drug-likeness (QED) is 0.932.